The average molecular weight is 281 g/mol. The Kier molecular flexibility index (Phi) is 3.96. The first-order valence-electron chi connectivity index (χ1n) is 3.95. The number of carbonyl (C=O) groups is 1. The summed E-state index contributed by atoms with van der Waals surface area (Å²) < 4.78 is 23.7. The largest absolute Gasteiger partial charge is 0.346 e. The summed E-state index contributed by atoms with van der Waals surface area (Å²) in [5.41, 5.74) is -0.275. The standard InChI is InChI=1S/C8H7BrF2N2O2/c9-5-1-4(2-12-8(5)15)7(14)13-3-6(10)11/h1-2,6H,3H2,(H,12,15)(H,13,14). The minimum Gasteiger partial charge on any atom is -0.346 e. The number of hydrogen-bond acceptors (Lipinski definition) is 2. The molecule has 82 valence electrons. The topological polar surface area (TPSA) is 62.0 Å². The molecule has 1 rings (SSSR count). The molecule has 15 heavy (non-hydrogen) atoms. The molecule has 0 aliphatic heterocycles. The molecule has 1 heterocycles. The van der Waals surface area contributed by atoms with Crippen LogP contribution in [0.4, 0.5) is 8.78 Å². The van der Waals surface area contributed by atoms with Gasteiger partial charge in [0.05, 0.1) is 16.6 Å². The zero-order valence-electron chi connectivity index (χ0n) is 7.39. The second-order valence-electron chi connectivity index (χ2n) is 2.67. The van der Waals surface area contributed by atoms with Crippen molar-refractivity contribution < 1.29 is 13.6 Å². The summed E-state index contributed by atoms with van der Waals surface area (Å²) in [6.45, 7) is -0.713. The molecule has 0 saturated carbocycles. The van der Waals surface area contributed by atoms with Crippen molar-refractivity contribution in [2.24, 2.45) is 0 Å². The molecule has 0 saturated heterocycles. The summed E-state index contributed by atoms with van der Waals surface area (Å²) in [6, 6.07) is 1.26. The Hall–Kier alpha value is -1.24. The van der Waals surface area contributed by atoms with Crippen LogP contribution in [0.2, 0.25) is 0 Å². The Morgan fingerprint density at radius 2 is 2.27 bits per heavy atom. The third-order valence-corrected chi connectivity index (χ3v) is 2.13. The quantitative estimate of drug-likeness (QED) is 0.872. The number of aromatic amines is 1. The second-order valence-corrected chi connectivity index (χ2v) is 3.52. The Labute approximate surface area is 91.8 Å². The number of pyridine rings is 1. The highest BCUT2D eigenvalue weighted by Gasteiger charge is 2.09. The molecule has 0 aromatic carbocycles. The summed E-state index contributed by atoms with van der Waals surface area (Å²) in [7, 11) is 0. The smallest absolute Gasteiger partial charge is 0.262 e. The number of halogens is 3. The number of amides is 1. The first kappa shape index (κ1) is 11.8. The lowest BCUT2D eigenvalue weighted by Gasteiger charge is -2.03. The Morgan fingerprint density at radius 3 is 2.80 bits per heavy atom. The SMILES string of the molecule is O=C(NCC(F)F)c1c[nH]c(=O)c(Br)c1. The zero-order chi connectivity index (χ0) is 11.4. The van der Waals surface area contributed by atoms with Crippen LogP contribution < -0.4 is 10.9 Å². The van der Waals surface area contributed by atoms with Gasteiger partial charge in [-0.1, -0.05) is 0 Å². The van der Waals surface area contributed by atoms with Gasteiger partial charge in [-0.15, -0.1) is 0 Å². The lowest BCUT2D eigenvalue weighted by Crippen LogP contribution is -2.29. The van der Waals surface area contributed by atoms with E-state index >= 15 is 0 Å². The van der Waals surface area contributed by atoms with E-state index in [0.29, 0.717) is 0 Å². The predicted octanol–water partition coefficient (Wildman–Crippen LogP) is 1.13. The van der Waals surface area contributed by atoms with Crippen LogP contribution in [0.1, 0.15) is 10.4 Å². The normalized spacial score (nSPS) is 10.4. The molecule has 0 fully saturated rings. The van der Waals surface area contributed by atoms with E-state index in [9.17, 15) is 18.4 Å². The van der Waals surface area contributed by atoms with Crippen molar-refractivity contribution in [2.75, 3.05) is 6.54 Å². The van der Waals surface area contributed by atoms with Gasteiger partial charge in [-0.3, -0.25) is 9.59 Å². The first-order chi connectivity index (χ1) is 7.00. The van der Waals surface area contributed by atoms with Crippen LogP contribution in [0, 0.1) is 0 Å². The minimum absolute atomic E-state index is 0.113. The van der Waals surface area contributed by atoms with Gasteiger partial charge in [-0.25, -0.2) is 8.78 Å². The molecular weight excluding hydrogens is 274 g/mol. The van der Waals surface area contributed by atoms with Gasteiger partial charge in [0.15, 0.2) is 0 Å². The van der Waals surface area contributed by atoms with Gasteiger partial charge in [0.1, 0.15) is 0 Å². The van der Waals surface area contributed by atoms with E-state index in [4.69, 9.17) is 0 Å². The van der Waals surface area contributed by atoms with Crippen molar-refractivity contribution in [3.63, 3.8) is 0 Å². The third-order valence-electron chi connectivity index (χ3n) is 1.54. The van der Waals surface area contributed by atoms with Crippen molar-refractivity contribution in [3.05, 3.63) is 32.7 Å². The monoisotopic (exact) mass is 280 g/mol. The second kappa shape index (κ2) is 5.01. The molecule has 4 nitrogen and oxygen atoms in total. The van der Waals surface area contributed by atoms with Crippen LogP contribution in [-0.2, 0) is 0 Å². The first-order valence-corrected chi connectivity index (χ1v) is 4.74. The molecule has 1 aromatic rings. The fraction of sp³-hybridized carbons (Fsp3) is 0.250. The Balaban J connectivity index is 2.74. The summed E-state index contributed by atoms with van der Waals surface area (Å²) in [5, 5.41) is 2.01. The zero-order valence-corrected chi connectivity index (χ0v) is 8.98. The fourth-order valence-electron chi connectivity index (χ4n) is 0.859. The molecule has 0 aliphatic rings. The molecule has 0 radical (unpaired) electrons. The van der Waals surface area contributed by atoms with Gasteiger partial charge >= 0.3 is 0 Å². The molecule has 0 bridgehead atoms. The lowest BCUT2D eigenvalue weighted by molar-refractivity contribution is 0.0891. The van der Waals surface area contributed by atoms with Gasteiger partial charge in [-0.05, 0) is 22.0 Å². The summed E-state index contributed by atoms with van der Waals surface area (Å²) in [5.74, 6) is -0.660. The highest BCUT2D eigenvalue weighted by Crippen LogP contribution is 2.05. The maximum Gasteiger partial charge on any atom is 0.262 e. The van der Waals surface area contributed by atoms with Crippen LogP contribution in [-0.4, -0.2) is 23.9 Å². The molecule has 0 unspecified atom stereocenters. The Bertz CT molecular complexity index is 419. The van der Waals surface area contributed by atoms with Crippen LogP contribution in [0.5, 0.6) is 0 Å². The predicted molar refractivity (Wildman–Crippen MR) is 53.1 cm³/mol. The highest BCUT2D eigenvalue weighted by molar-refractivity contribution is 9.10. The summed E-state index contributed by atoms with van der Waals surface area (Å²) >= 11 is 2.92. The number of hydrogen-bond donors (Lipinski definition) is 2. The minimum atomic E-state index is -2.60. The Morgan fingerprint density at radius 1 is 1.60 bits per heavy atom. The van der Waals surface area contributed by atoms with E-state index in [1.165, 1.54) is 6.07 Å². The lowest BCUT2D eigenvalue weighted by atomic mass is 10.3. The van der Waals surface area contributed by atoms with Gasteiger partial charge in [0, 0.05) is 6.20 Å². The summed E-state index contributed by atoms with van der Waals surface area (Å²) in [4.78, 5) is 24.4. The summed E-state index contributed by atoms with van der Waals surface area (Å²) in [6.07, 6.45) is -1.44. The molecule has 7 heteroatoms. The molecule has 2 N–H and O–H groups in total. The van der Waals surface area contributed by atoms with Crippen molar-refractivity contribution in [1.82, 2.24) is 10.3 Å². The van der Waals surface area contributed by atoms with Gasteiger partial charge in [-0.2, -0.15) is 0 Å². The fourth-order valence-corrected chi connectivity index (χ4v) is 1.22. The van der Waals surface area contributed by atoms with Crippen LogP contribution in [0.25, 0.3) is 0 Å². The van der Waals surface area contributed by atoms with Crippen molar-refractivity contribution >= 4 is 21.8 Å². The molecule has 1 amide bonds. The maximum absolute atomic E-state index is 11.8. The van der Waals surface area contributed by atoms with E-state index in [1.807, 2.05) is 5.32 Å². The molecule has 0 aliphatic carbocycles. The van der Waals surface area contributed by atoms with Gasteiger partial charge in [0.25, 0.3) is 17.9 Å². The van der Waals surface area contributed by atoms with E-state index in [1.54, 1.807) is 0 Å². The van der Waals surface area contributed by atoms with Crippen molar-refractivity contribution in [1.29, 1.82) is 0 Å². The van der Waals surface area contributed by atoms with Crippen molar-refractivity contribution in [3.8, 4) is 0 Å². The highest BCUT2D eigenvalue weighted by atomic mass is 79.9. The number of carbonyl (C=O) groups excluding carboxylic acids is 1. The number of H-pyrrole nitrogens is 1. The van der Waals surface area contributed by atoms with Crippen molar-refractivity contribution in [2.45, 2.75) is 6.43 Å². The average Bonchev–Trinajstić information content (AvgIpc) is 2.18. The third kappa shape index (κ3) is 3.43. The van der Waals surface area contributed by atoms with E-state index in [0.717, 1.165) is 6.20 Å². The number of nitrogens with one attached hydrogen (secondary N) is 2. The number of alkyl halides is 2. The van der Waals surface area contributed by atoms with Crippen LogP contribution >= 0.6 is 15.9 Å². The maximum atomic E-state index is 11.8. The van der Waals surface area contributed by atoms with Crippen LogP contribution in [0.3, 0.4) is 0 Å². The van der Waals surface area contributed by atoms with E-state index < -0.39 is 18.9 Å². The molecular formula is C8H7BrF2N2O2. The van der Waals surface area contributed by atoms with Gasteiger partial charge in [0.2, 0.25) is 0 Å². The molecule has 0 atom stereocenters. The van der Waals surface area contributed by atoms with E-state index in [2.05, 4.69) is 20.9 Å². The van der Waals surface area contributed by atoms with E-state index in [-0.39, 0.29) is 15.6 Å². The number of rotatable bonds is 3. The molecule has 1 aromatic heterocycles. The number of aromatic nitrogens is 1. The van der Waals surface area contributed by atoms with Gasteiger partial charge < -0.3 is 10.3 Å². The van der Waals surface area contributed by atoms with Crippen LogP contribution in [0.15, 0.2) is 21.5 Å². The molecule has 0 spiro atoms.